The lowest BCUT2D eigenvalue weighted by Crippen LogP contribution is -2.28. The molecule has 36 heavy (non-hydrogen) atoms. The third-order valence-electron chi connectivity index (χ3n) is 6.91. The van der Waals surface area contributed by atoms with E-state index in [1.807, 2.05) is 60.7 Å². The molecule has 2 fully saturated rings. The number of nitrogens with zero attached hydrogens (tertiary/aromatic N) is 4. The van der Waals surface area contributed by atoms with Gasteiger partial charge in [-0.25, -0.2) is 0 Å². The molecule has 8 nitrogen and oxygen atoms in total. The first-order valence-corrected chi connectivity index (χ1v) is 12.5. The minimum atomic E-state index is -0.406. The average Bonchev–Trinajstić information content (AvgIpc) is 3.12. The molecule has 2 amide bonds. The molecule has 3 heterocycles. The maximum absolute atomic E-state index is 12.9. The van der Waals surface area contributed by atoms with E-state index in [1.54, 1.807) is 12.0 Å². The van der Waals surface area contributed by atoms with E-state index in [4.69, 9.17) is 4.74 Å². The number of hydrogen-bond acceptors (Lipinski definition) is 6. The molecule has 2 aliphatic rings. The van der Waals surface area contributed by atoms with Gasteiger partial charge in [0, 0.05) is 43.0 Å². The number of aromatic nitrogens is 2. The zero-order valence-corrected chi connectivity index (χ0v) is 20.5. The van der Waals surface area contributed by atoms with Crippen LogP contribution in [0.4, 0.5) is 17.2 Å². The predicted octanol–water partition coefficient (Wildman–Crippen LogP) is 4.52. The van der Waals surface area contributed by atoms with Crippen molar-refractivity contribution in [2.45, 2.75) is 32.1 Å². The van der Waals surface area contributed by atoms with Crippen molar-refractivity contribution in [3.63, 3.8) is 0 Å². The highest BCUT2D eigenvalue weighted by Gasteiger charge is 2.35. The first-order valence-electron chi connectivity index (χ1n) is 12.5. The molecule has 1 N–H and O–H groups in total. The van der Waals surface area contributed by atoms with Crippen LogP contribution in [0.15, 0.2) is 60.7 Å². The van der Waals surface area contributed by atoms with Crippen LogP contribution in [0, 0.1) is 5.92 Å². The van der Waals surface area contributed by atoms with Crippen LogP contribution in [-0.2, 0) is 9.59 Å². The van der Waals surface area contributed by atoms with Crippen LogP contribution in [0.2, 0.25) is 0 Å². The van der Waals surface area contributed by atoms with Crippen molar-refractivity contribution < 1.29 is 14.3 Å². The quantitative estimate of drug-likeness (QED) is 0.552. The Hall–Kier alpha value is -3.94. The van der Waals surface area contributed by atoms with E-state index in [-0.39, 0.29) is 18.2 Å². The molecule has 0 spiro atoms. The summed E-state index contributed by atoms with van der Waals surface area (Å²) >= 11 is 0. The fourth-order valence-electron chi connectivity index (χ4n) is 4.81. The third kappa shape index (κ3) is 5.32. The number of anilines is 3. The van der Waals surface area contributed by atoms with Gasteiger partial charge in [0.15, 0.2) is 5.82 Å². The van der Waals surface area contributed by atoms with Crippen molar-refractivity contribution >= 4 is 29.0 Å². The van der Waals surface area contributed by atoms with Gasteiger partial charge in [0.1, 0.15) is 5.75 Å². The van der Waals surface area contributed by atoms with E-state index in [0.29, 0.717) is 12.2 Å². The van der Waals surface area contributed by atoms with Gasteiger partial charge >= 0.3 is 0 Å². The summed E-state index contributed by atoms with van der Waals surface area (Å²) in [6.45, 7) is 2.42. The fraction of sp³-hybridized carbons (Fsp3) is 0.357. The zero-order valence-electron chi connectivity index (χ0n) is 20.5. The Kier molecular flexibility index (Phi) is 7.11. The van der Waals surface area contributed by atoms with Gasteiger partial charge < -0.3 is 19.9 Å². The summed E-state index contributed by atoms with van der Waals surface area (Å²) in [5.41, 5.74) is 3.18. The predicted molar refractivity (Wildman–Crippen MR) is 140 cm³/mol. The average molecular weight is 486 g/mol. The molecule has 1 aromatic heterocycles. The normalized spacial score (nSPS) is 18.1. The maximum Gasteiger partial charge on any atom is 0.229 e. The second-order valence-electron chi connectivity index (χ2n) is 9.35. The largest absolute Gasteiger partial charge is 0.497 e. The highest BCUT2D eigenvalue weighted by molar-refractivity contribution is 6.03. The van der Waals surface area contributed by atoms with E-state index in [0.717, 1.165) is 41.6 Å². The van der Waals surface area contributed by atoms with Crippen molar-refractivity contribution in [3.05, 3.63) is 60.7 Å². The molecule has 0 bridgehead atoms. The molecule has 8 heteroatoms. The number of rotatable bonds is 6. The van der Waals surface area contributed by atoms with Crippen molar-refractivity contribution in [2.24, 2.45) is 5.92 Å². The smallest absolute Gasteiger partial charge is 0.229 e. The highest BCUT2D eigenvalue weighted by Crippen LogP contribution is 2.28. The topological polar surface area (TPSA) is 87.7 Å². The van der Waals surface area contributed by atoms with Gasteiger partial charge in [0.25, 0.3) is 0 Å². The Morgan fingerprint density at radius 3 is 2.28 bits per heavy atom. The number of nitrogens with one attached hydrogen (secondary N) is 1. The molecule has 2 saturated heterocycles. The van der Waals surface area contributed by atoms with Gasteiger partial charge in [-0.05, 0) is 61.4 Å². The highest BCUT2D eigenvalue weighted by atomic mass is 16.5. The second-order valence-corrected chi connectivity index (χ2v) is 9.35. The van der Waals surface area contributed by atoms with Crippen molar-refractivity contribution in [2.75, 3.05) is 41.9 Å². The Morgan fingerprint density at radius 1 is 0.917 bits per heavy atom. The van der Waals surface area contributed by atoms with Crippen LogP contribution in [0.25, 0.3) is 11.3 Å². The number of carbonyl (C=O) groups is 2. The molecule has 186 valence electrons. The minimum absolute atomic E-state index is 0.0575. The Morgan fingerprint density at radius 2 is 1.64 bits per heavy atom. The van der Waals surface area contributed by atoms with Gasteiger partial charge in [-0.2, -0.15) is 0 Å². The van der Waals surface area contributed by atoms with Crippen LogP contribution in [-0.4, -0.2) is 48.8 Å². The van der Waals surface area contributed by atoms with Crippen LogP contribution < -0.4 is 19.9 Å². The molecule has 3 aromatic rings. The van der Waals surface area contributed by atoms with Crippen molar-refractivity contribution in [3.8, 4) is 17.0 Å². The van der Waals surface area contributed by atoms with Crippen LogP contribution in [0.5, 0.6) is 5.75 Å². The van der Waals surface area contributed by atoms with E-state index >= 15 is 0 Å². The Labute approximate surface area is 211 Å². The van der Waals surface area contributed by atoms with E-state index in [2.05, 4.69) is 20.4 Å². The monoisotopic (exact) mass is 485 g/mol. The first kappa shape index (κ1) is 23.8. The van der Waals surface area contributed by atoms with E-state index in [1.165, 1.54) is 25.7 Å². The molecule has 2 aliphatic heterocycles. The van der Waals surface area contributed by atoms with Gasteiger partial charge in [-0.1, -0.05) is 25.0 Å². The number of carbonyl (C=O) groups excluding carboxylic acids is 2. The molecular weight excluding hydrogens is 454 g/mol. The Bertz CT molecular complexity index is 1190. The minimum Gasteiger partial charge on any atom is -0.497 e. The lowest BCUT2D eigenvalue weighted by Gasteiger charge is -2.20. The van der Waals surface area contributed by atoms with Crippen molar-refractivity contribution in [1.82, 2.24) is 10.2 Å². The second kappa shape index (κ2) is 10.8. The molecule has 1 unspecified atom stereocenters. The molecule has 2 aromatic carbocycles. The van der Waals surface area contributed by atoms with Gasteiger partial charge in [-0.3, -0.25) is 9.59 Å². The molecular formula is C28H31N5O3. The summed E-state index contributed by atoms with van der Waals surface area (Å²) in [5, 5.41) is 11.8. The van der Waals surface area contributed by atoms with Crippen LogP contribution >= 0.6 is 0 Å². The summed E-state index contributed by atoms with van der Waals surface area (Å²) in [4.78, 5) is 29.4. The molecule has 0 aliphatic carbocycles. The first-order chi connectivity index (χ1) is 17.6. The third-order valence-corrected chi connectivity index (χ3v) is 6.91. The number of methoxy groups -OCH3 is 1. The molecule has 0 saturated carbocycles. The maximum atomic E-state index is 12.9. The summed E-state index contributed by atoms with van der Waals surface area (Å²) in [5.74, 6) is 1.03. The summed E-state index contributed by atoms with van der Waals surface area (Å²) < 4.78 is 5.18. The molecule has 0 radical (unpaired) electrons. The molecule has 1 atom stereocenters. The van der Waals surface area contributed by atoms with Crippen molar-refractivity contribution in [1.29, 1.82) is 0 Å². The van der Waals surface area contributed by atoms with Gasteiger partial charge in [0.2, 0.25) is 11.8 Å². The molecule has 5 rings (SSSR count). The van der Waals surface area contributed by atoms with Gasteiger partial charge in [0.05, 0.1) is 18.7 Å². The zero-order chi connectivity index (χ0) is 24.9. The number of ether oxygens (including phenoxy) is 1. The summed E-state index contributed by atoms with van der Waals surface area (Å²) in [7, 11) is 1.60. The lowest BCUT2D eigenvalue weighted by atomic mass is 10.1. The SMILES string of the molecule is COc1ccc(N2CC(C(=O)Nc3ccc(-c4ccc(N5CCCCCC5)nn4)cc3)CC2=O)cc1. The van der Waals surface area contributed by atoms with E-state index < -0.39 is 5.92 Å². The van der Waals surface area contributed by atoms with Crippen LogP contribution in [0.3, 0.4) is 0 Å². The van der Waals surface area contributed by atoms with Gasteiger partial charge in [-0.15, -0.1) is 10.2 Å². The number of benzene rings is 2. The van der Waals surface area contributed by atoms with E-state index in [9.17, 15) is 9.59 Å². The lowest BCUT2D eigenvalue weighted by molar-refractivity contribution is -0.122. The standard InChI is InChI=1S/C28H31N5O3/c1-36-24-12-10-23(11-13-24)33-19-21(18-27(33)34)28(35)29-22-8-6-20(7-9-22)25-14-15-26(31-30-25)32-16-4-2-3-5-17-32/h6-15,21H,2-5,16-19H2,1H3,(H,29,35). The number of amides is 2. The fourth-order valence-corrected chi connectivity index (χ4v) is 4.81. The summed E-state index contributed by atoms with van der Waals surface area (Å²) in [6, 6.07) is 18.9. The Balaban J connectivity index is 1.19. The number of hydrogen-bond donors (Lipinski definition) is 1. The summed E-state index contributed by atoms with van der Waals surface area (Å²) in [6.07, 6.45) is 5.15. The van der Waals surface area contributed by atoms with Crippen LogP contribution in [0.1, 0.15) is 32.1 Å².